The number of nitrogens with zero attached hydrogens (tertiary/aromatic N) is 1. The number of pyridine rings is 1. The molecular weight excluding hydrogens is 256 g/mol. The number of carbonyl (C=O) groups is 2. The summed E-state index contributed by atoms with van der Waals surface area (Å²) in [6.07, 6.45) is 2.07. The molecule has 7 heteroatoms. The van der Waals surface area contributed by atoms with Crippen molar-refractivity contribution in [2.45, 2.75) is 24.0 Å². The molecule has 2 atom stereocenters. The van der Waals surface area contributed by atoms with Gasteiger partial charge in [0, 0.05) is 17.3 Å². The molecule has 1 heterocycles. The summed E-state index contributed by atoms with van der Waals surface area (Å²) in [6, 6.07) is 2.22. The number of hydrogen-bond donors (Lipinski definition) is 3. The van der Waals surface area contributed by atoms with Gasteiger partial charge in [-0.05, 0) is 19.1 Å². The van der Waals surface area contributed by atoms with E-state index in [4.69, 9.17) is 5.11 Å². The maximum atomic E-state index is 11.5. The first-order valence-corrected chi connectivity index (χ1v) is 6.22. The van der Waals surface area contributed by atoms with E-state index in [0.29, 0.717) is 0 Å². The number of thioether (sulfide) groups is 1. The van der Waals surface area contributed by atoms with Gasteiger partial charge in [0.2, 0.25) is 5.91 Å². The van der Waals surface area contributed by atoms with Crippen molar-refractivity contribution in [3.05, 3.63) is 24.5 Å². The zero-order chi connectivity index (χ0) is 13.5. The SMILES string of the molecule is C[C@@H](O)[C@H](NC(=O)CSc1ccncc1)C(=O)O. The van der Waals surface area contributed by atoms with Crippen LogP contribution in [0.4, 0.5) is 0 Å². The summed E-state index contributed by atoms with van der Waals surface area (Å²) in [5.74, 6) is -1.61. The summed E-state index contributed by atoms with van der Waals surface area (Å²) in [7, 11) is 0. The Bertz CT molecular complexity index is 411. The summed E-state index contributed by atoms with van der Waals surface area (Å²) in [5, 5.41) is 20.3. The molecule has 0 spiro atoms. The van der Waals surface area contributed by atoms with Crippen LogP contribution in [0.5, 0.6) is 0 Å². The number of carboxylic acids is 1. The van der Waals surface area contributed by atoms with Crippen LogP contribution in [0.2, 0.25) is 0 Å². The molecule has 0 aliphatic carbocycles. The van der Waals surface area contributed by atoms with Crippen LogP contribution in [-0.2, 0) is 9.59 Å². The van der Waals surface area contributed by atoms with E-state index in [2.05, 4.69) is 10.3 Å². The molecule has 98 valence electrons. The number of rotatable bonds is 6. The number of aliphatic carboxylic acids is 1. The van der Waals surface area contributed by atoms with Crippen LogP contribution in [0.1, 0.15) is 6.92 Å². The highest BCUT2D eigenvalue weighted by atomic mass is 32.2. The van der Waals surface area contributed by atoms with Crippen LogP contribution in [0.3, 0.4) is 0 Å². The largest absolute Gasteiger partial charge is 0.480 e. The monoisotopic (exact) mass is 270 g/mol. The molecule has 0 radical (unpaired) electrons. The Morgan fingerprint density at radius 2 is 2.06 bits per heavy atom. The molecule has 1 aromatic rings. The number of hydrogen-bond acceptors (Lipinski definition) is 5. The fourth-order valence-electron chi connectivity index (χ4n) is 1.19. The zero-order valence-corrected chi connectivity index (χ0v) is 10.6. The summed E-state index contributed by atoms with van der Waals surface area (Å²) in [5.41, 5.74) is 0. The van der Waals surface area contributed by atoms with Crippen molar-refractivity contribution in [2.75, 3.05) is 5.75 Å². The number of amides is 1. The third-order valence-electron chi connectivity index (χ3n) is 2.08. The van der Waals surface area contributed by atoms with E-state index in [0.717, 1.165) is 4.90 Å². The standard InChI is InChI=1S/C11H14N2O4S/c1-7(14)10(11(16)17)13-9(15)6-18-8-2-4-12-5-3-8/h2-5,7,10,14H,6H2,1H3,(H,13,15)(H,16,17)/t7-,10+/m1/s1. The van der Waals surface area contributed by atoms with Crippen molar-refractivity contribution < 1.29 is 19.8 Å². The summed E-state index contributed by atoms with van der Waals surface area (Å²) in [6.45, 7) is 1.31. The van der Waals surface area contributed by atoms with E-state index in [1.807, 2.05) is 0 Å². The van der Waals surface area contributed by atoms with Gasteiger partial charge < -0.3 is 15.5 Å². The average molecular weight is 270 g/mol. The smallest absolute Gasteiger partial charge is 0.328 e. The molecule has 0 aliphatic rings. The van der Waals surface area contributed by atoms with Crippen LogP contribution in [0.25, 0.3) is 0 Å². The van der Waals surface area contributed by atoms with Gasteiger partial charge in [0.25, 0.3) is 0 Å². The lowest BCUT2D eigenvalue weighted by atomic mass is 10.2. The molecule has 0 unspecified atom stereocenters. The highest BCUT2D eigenvalue weighted by Gasteiger charge is 2.24. The first kappa shape index (κ1) is 14.5. The number of carbonyl (C=O) groups excluding carboxylic acids is 1. The third kappa shape index (κ3) is 4.72. The lowest BCUT2D eigenvalue weighted by Gasteiger charge is -2.16. The van der Waals surface area contributed by atoms with Crippen LogP contribution >= 0.6 is 11.8 Å². The van der Waals surface area contributed by atoms with E-state index in [1.165, 1.54) is 18.7 Å². The minimum atomic E-state index is -1.28. The predicted octanol–water partition coefficient (Wildman–Crippen LogP) is 0.124. The minimum Gasteiger partial charge on any atom is -0.480 e. The number of aromatic nitrogens is 1. The maximum Gasteiger partial charge on any atom is 0.328 e. The number of carboxylic acid groups (broad SMARTS) is 1. The van der Waals surface area contributed by atoms with Gasteiger partial charge in [-0.15, -0.1) is 11.8 Å². The van der Waals surface area contributed by atoms with Crippen LogP contribution in [0, 0.1) is 0 Å². The van der Waals surface area contributed by atoms with Crippen molar-refractivity contribution in [3.63, 3.8) is 0 Å². The average Bonchev–Trinajstić information content (AvgIpc) is 2.34. The molecule has 0 saturated heterocycles. The topological polar surface area (TPSA) is 99.5 Å². The van der Waals surface area contributed by atoms with E-state index in [-0.39, 0.29) is 5.75 Å². The predicted molar refractivity (Wildman–Crippen MR) is 66.2 cm³/mol. The van der Waals surface area contributed by atoms with Crippen LogP contribution in [0.15, 0.2) is 29.4 Å². The Balaban J connectivity index is 2.44. The van der Waals surface area contributed by atoms with Gasteiger partial charge in [0.05, 0.1) is 11.9 Å². The Labute approximate surface area is 108 Å². The second kappa shape index (κ2) is 6.97. The van der Waals surface area contributed by atoms with Crippen molar-refractivity contribution >= 4 is 23.6 Å². The van der Waals surface area contributed by atoms with E-state index in [9.17, 15) is 14.7 Å². The van der Waals surface area contributed by atoms with Crippen molar-refractivity contribution in [1.29, 1.82) is 0 Å². The second-order valence-electron chi connectivity index (χ2n) is 3.60. The van der Waals surface area contributed by atoms with E-state index < -0.39 is 24.0 Å². The highest BCUT2D eigenvalue weighted by molar-refractivity contribution is 8.00. The van der Waals surface area contributed by atoms with Gasteiger partial charge in [-0.25, -0.2) is 4.79 Å². The quantitative estimate of drug-likeness (QED) is 0.635. The van der Waals surface area contributed by atoms with Crippen molar-refractivity contribution in [3.8, 4) is 0 Å². The third-order valence-corrected chi connectivity index (χ3v) is 3.10. The molecular formula is C11H14N2O4S. The van der Waals surface area contributed by atoms with Gasteiger partial charge in [-0.1, -0.05) is 0 Å². The molecule has 6 nitrogen and oxygen atoms in total. The lowest BCUT2D eigenvalue weighted by molar-refractivity contribution is -0.144. The Hall–Kier alpha value is -1.60. The molecule has 0 aromatic carbocycles. The fraction of sp³-hybridized carbons (Fsp3) is 0.364. The molecule has 0 bridgehead atoms. The summed E-state index contributed by atoms with van der Waals surface area (Å²) >= 11 is 1.27. The molecule has 1 aromatic heterocycles. The van der Waals surface area contributed by atoms with E-state index in [1.54, 1.807) is 24.5 Å². The molecule has 1 rings (SSSR count). The van der Waals surface area contributed by atoms with Crippen molar-refractivity contribution in [1.82, 2.24) is 10.3 Å². The first-order chi connectivity index (χ1) is 8.50. The van der Waals surface area contributed by atoms with Crippen LogP contribution in [-0.4, -0.2) is 45.0 Å². The van der Waals surface area contributed by atoms with Crippen LogP contribution < -0.4 is 5.32 Å². The maximum absolute atomic E-state index is 11.5. The summed E-state index contributed by atoms with van der Waals surface area (Å²) < 4.78 is 0. The summed E-state index contributed by atoms with van der Waals surface area (Å²) in [4.78, 5) is 27.0. The van der Waals surface area contributed by atoms with Gasteiger partial charge in [0.1, 0.15) is 0 Å². The van der Waals surface area contributed by atoms with Gasteiger partial charge >= 0.3 is 5.97 Å². The number of aliphatic hydroxyl groups is 1. The highest BCUT2D eigenvalue weighted by Crippen LogP contribution is 2.15. The Morgan fingerprint density at radius 1 is 1.44 bits per heavy atom. The Kier molecular flexibility index (Phi) is 5.60. The first-order valence-electron chi connectivity index (χ1n) is 5.23. The van der Waals surface area contributed by atoms with E-state index >= 15 is 0 Å². The molecule has 1 amide bonds. The second-order valence-corrected chi connectivity index (χ2v) is 4.64. The van der Waals surface area contributed by atoms with Gasteiger partial charge in [0.15, 0.2) is 6.04 Å². The lowest BCUT2D eigenvalue weighted by Crippen LogP contribution is -2.48. The van der Waals surface area contributed by atoms with Gasteiger partial charge in [-0.3, -0.25) is 9.78 Å². The molecule has 0 aliphatic heterocycles. The van der Waals surface area contributed by atoms with Crippen molar-refractivity contribution in [2.24, 2.45) is 0 Å². The molecule has 0 fully saturated rings. The molecule has 3 N–H and O–H groups in total. The number of aliphatic hydroxyl groups excluding tert-OH is 1. The normalized spacial score (nSPS) is 13.7. The Morgan fingerprint density at radius 3 is 2.56 bits per heavy atom. The number of nitrogens with one attached hydrogen (secondary N) is 1. The minimum absolute atomic E-state index is 0.0838. The van der Waals surface area contributed by atoms with Gasteiger partial charge in [-0.2, -0.15) is 0 Å². The molecule has 0 saturated carbocycles. The molecule has 18 heavy (non-hydrogen) atoms. The fourth-order valence-corrected chi connectivity index (χ4v) is 1.88. The zero-order valence-electron chi connectivity index (χ0n) is 9.74.